The molecule has 0 atom stereocenters. The van der Waals surface area contributed by atoms with E-state index in [9.17, 15) is 9.59 Å². The molecule has 1 aromatic carbocycles. The Morgan fingerprint density at radius 1 is 0.721 bits per heavy atom. The molecule has 0 radical (unpaired) electrons. The predicted molar refractivity (Wildman–Crippen MR) is 164 cm³/mol. The minimum Gasteiger partial charge on any atom is -0.363 e. The number of nitrogens with zero attached hydrogens (tertiary/aromatic N) is 6. The van der Waals surface area contributed by atoms with Gasteiger partial charge in [-0.05, 0) is 88.4 Å². The maximum absolute atomic E-state index is 11.8. The number of pyridine rings is 2. The fourth-order valence-electron chi connectivity index (χ4n) is 4.26. The van der Waals surface area contributed by atoms with Crippen molar-refractivity contribution in [3.05, 3.63) is 118 Å². The molecule has 0 aliphatic heterocycles. The molecule has 0 aliphatic rings. The molecular weight excluding hydrogens is 540 g/mol. The molecule has 4 aromatic heterocycles. The SMILES string of the molecule is C#Cc1nc(C(N)=O)n(-c2ccc(C)nc2)c1C.Cc1cccc(C#Cc2nc(C(N)=O)n(-c3ccc(C)nc3)c2C)c1. The Kier molecular flexibility index (Phi) is 8.83. The summed E-state index contributed by atoms with van der Waals surface area (Å²) in [6, 6.07) is 15.3. The van der Waals surface area contributed by atoms with Gasteiger partial charge in [-0.15, -0.1) is 6.42 Å². The van der Waals surface area contributed by atoms with Crippen LogP contribution in [0.4, 0.5) is 0 Å². The summed E-state index contributed by atoms with van der Waals surface area (Å²) in [5, 5.41) is 0. The Labute approximate surface area is 249 Å². The van der Waals surface area contributed by atoms with Crippen LogP contribution >= 0.6 is 0 Å². The lowest BCUT2D eigenvalue weighted by Crippen LogP contribution is -2.18. The molecule has 214 valence electrons. The molecule has 0 bridgehead atoms. The quantitative estimate of drug-likeness (QED) is 0.315. The Hall–Kier alpha value is -6.00. The molecule has 10 heteroatoms. The number of amides is 2. The Bertz CT molecular complexity index is 1930. The molecule has 0 saturated carbocycles. The second-order valence-corrected chi connectivity index (χ2v) is 9.72. The first kappa shape index (κ1) is 30.0. The van der Waals surface area contributed by atoms with Crippen molar-refractivity contribution in [2.45, 2.75) is 34.6 Å². The van der Waals surface area contributed by atoms with Crippen molar-refractivity contribution in [1.82, 2.24) is 29.1 Å². The molecule has 2 amide bonds. The van der Waals surface area contributed by atoms with Gasteiger partial charge in [0, 0.05) is 17.0 Å². The van der Waals surface area contributed by atoms with Gasteiger partial charge >= 0.3 is 0 Å². The summed E-state index contributed by atoms with van der Waals surface area (Å²) < 4.78 is 3.30. The fraction of sp³-hybridized carbons (Fsp3) is 0.152. The summed E-state index contributed by atoms with van der Waals surface area (Å²) in [6.07, 6.45) is 8.68. The molecule has 0 saturated heterocycles. The highest BCUT2D eigenvalue weighted by molar-refractivity contribution is 5.91. The lowest BCUT2D eigenvalue weighted by Gasteiger charge is -2.07. The van der Waals surface area contributed by atoms with E-state index in [2.05, 4.69) is 37.7 Å². The molecule has 0 aliphatic carbocycles. The van der Waals surface area contributed by atoms with Crippen LogP contribution in [-0.2, 0) is 0 Å². The minimum atomic E-state index is -0.625. The summed E-state index contributed by atoms with van der Waals surface area (Å²) in [6.45, 7) is 9.44. The van der Waals surface area contributed by atoms with Crippen molar-refractivity contribution in [2.24, 2.45) is 11.5 Å². The molecule has 0 fully saturated rings. The van der Waals surface area contributed by atoms with Crippen LogP contribution in [-0.4, -0.2) is 40.9 Å². The van der Waals surface area contributed by atoms with Gasteiger partial charge in [0.25, 0.3) is 11.8 Å². The van der Waals surface area contributed by atoms with Gasteiger partial charge < -0.3 is 11.5 Å². The maximum atomic E-state index is 11.8. The third kappa shape index (κ3) is 6.67. The molecule has 4 N–H and O–H groups in total. The second kappa shape index (κ2) is 12.7. The van der Waals surface area contributed by atoms with Crippen molar-refractivity contribution < 1.29 is 9.59 Å². The van der Waals surface area contributed by atoms with Crippen LogP contribution < -0.4 is 11.5 Å². The van der Waals surface area contributed by atoms with Gasteiger partial charge in [-0.2, -0.15) is 0 Å². The van der Waals surface area contributed by atoms with E-state index >= 15 is 0 Å². The number of aromatic nitrogens is 6. The third-order valence-corrected chi connectivity index (χ3v) is 6.44. The van der Waals surface area contributed by atoms with Crippen molar-refractivity contribution in [3.8, 4) is 35.6 Å². The van der Waals surface area contributed by atoms with E-state index in [4.69, 9.17) is 17.9 Å². The number of imidazole rings is 2. The van der Waals surface area contributed by atoms with E-state index in [0.717, 1.165) is 33.9 Å². The van der Waals surface area contributed by atoms with E-state index in [1.165, 1.54) is 0 Å². The van der Waals surface area contributed by atoms with E-state index < -0.39 is 11.8 Å². The zero-order chi connectivity index (χ0) is 31.3. The molecule has 5 rings (SSSR count). The van der Waals surface area contributed by atoms with E-state index in [1.807, 2.05) is 76.2 Å². The zero-order valence-corrected chi connectivity index (χ0v) is 24.5. The first-order chi connectivity index (χ1) is 20.5. The Balaban J connectivity index is 0.000000208. The van der Waals surface area contributed by atoms with Gasteiger partial charge in [0.05, 0.1) is 35.2 Å². The molecule has 0 unspecified atom stereocenters. The molecule has 10 nitrogen and oxygen atoms in total. The topological polar surface area (TPSA) is 148 Å². The summed E-state index contributed by atoms with van der Waals surface area (Å²) >= 11 is 0. The van der Waals surface area contributed by atoms with Gasteiger partial charge in [0.2, 0.25) is 11.6 Å². The summed E-state index contributed by atoms with van der Waals surface area (Å²) in [5.74, 6) is 7.60. The van der Waals surface area contributed by atoms with Crippen LogP contribution in [0.3, 0.4) is 0 Å². The molecule has 4 heterocycles. The summed E-state index contributed by atoms with van der Waals surface area (Å²) in [4.78, 5) is 40.0. The first-order valence-electron chi connectivity index (χ1n) is 13.2. The summed E-state index contributed by atoms with van der Waals surface area (Å²) in [5.41, 5.74) is 18.4. The minimum absolute atomic E-state index is 0.117. The highest BCUT2D eigenvalue weighted by atomic mass is 16.1. The Morgan fingerprint density at radius 2 is 1.23 bits per heavy atom. The second-order valence-electron chi connectivity index (χ2n) is 9.72. The van der Waals surface area contributed by atoms with Gasteiger partial charge in [-0.1, -0.05) is 18.1 Å². The van der Waals surface area contributed by atoms with E-state index in [1.54, 1.807) is 28.5 Å². The number of primary amides is 2. The molecule has 5 aromatic rings. The van der Waals surface area contributed by atoms with E-state index in [-0.39, 0.29) is 11.6 Å². The standard InChI is InChI=1S/C20H18N4O.C13H12N4O/c1-13-5-4-6-16(11-13)8-10-18-15(3)24(20(23-18)19(21)25)17-9-7-14(2)22-12-17;1-4-11-9(3)17(13(16-11)12(14)18)10-6-5-8(2)15-7-10/h4-7,9,11-12H,1-3H3,(H2,21,25);1,5-7H,2-3H3,(H2,14,18). The van der Waals surface area contributed by atoms with Crippen molar-refractivity contribution in [2.75, 3.05) is 0 Å². The number of terminal acetylenes is 1. The third-order valence-electron chi connectivity index (χ3n) is 6.44. The zero-order valence-electron chi connectivity index (χ0n) is 24.5. The first-order valence-corrected chi connectivity index (χ1v) is 13.2. The van der Waals surface area contributed by atoms with Crippen LogP contribution in [0.25, 0.3) is 11.4 Å². The highest BCUT2D eigenvalue weighted by Crippen LogP contribution is 2.19. The normalized spacial score (nSPS) is 10.1. The van der Waals surface area contributed by atoms with Crippen LogP contribution in [0, 0.1) is 58.8 Å². The molecule has 0 spiro atoms. The number of rotatable bonds is 4. The van der Waals surface area contributed by atoms with Crippen LogP contribution in [0.5, 0.6) is 0 Å². The maximum Gasteiger partial charge on any atom is 0.285 e. The average molecular weight is 571 g/mol. The van der Waals surface area contributed by atoms with Crippen molar-refractivity contribution >= 4 is 11.8 Å². The predicted octanol–water partition coefficient (Wildman–Crippen LogP) is 3.66. The van der Waals surface area contributed by atoms with Crippen LogP contribution in [0.1, 0.15) is 66.5 Å². The number of hydrogen-bond acceptors (Lipinski definition) is 6. The highest BCUT2D eigenvalue weighted by Gasteiger charge is 2.19. The van der Waals surface area contributed by atoms with Gasteiger partial charge in [0.1, 0.15) is 11.4 Å². The monoisotopic (exact) mass is 570 g/mol. The van der Waals surface area contributed by atoms with Crippen molar-refractivity contribution in [3.63, 3.8) is 0 Å². The fourth-order valence-corrected chi connectivity index (χ4v) is 4.26. The van der Waals surface area contributed by atoms with Crippen LogP contribution in [0.15, 0.2) is 60.9 Å². The number of carbonyl (C=O) groups is 2. The smallest absolute Gasteiger partial charge is 0.285 e. The number of nitrogens with two attached hydrogens (primary N) is 2. The number of benzene rings is 1. The lowest BCUT2D eigenvalue weighted by molar-refractivity contribution is 0.0980. The Morgan fingerprint density at radius 3 is 1.67 bits per heavy atom. The van der Waals surface area contributed by atoms with Gasteiger partial charge in [0.15, 0.2) is 0 Å². The van der Waals surface area contributed by atoms with Crippen LogP contribution in [0.2, 0.25) is 0 Å². The molecular formula is C33H30N8O2. The molecule has 43 heavy (non-hydrogen) atoms. The number of hydrogen-bond donors (Lipinski definition) is 2. The number of carbonyl (C=O) groups excluding carboxylic acids is 2. The van der Waals surface area contributed by atoms with Crippen molar-refractivity contribution in [1.29, 1.82) is 0 Å². The lowest BCUT2D eigenvalue weighted by atomic mass is 10.1. The summed E-state index contributed by atoms with van der Waals surface area (Å²) in [7, 11) is 0. The average Bonchev–Trinajstić information content (AvgIpc) is 3.50. The van der Waals surface area contributed by atoms with E-state index in [0.29, 0.717) is 22.8 Å². The number of aryl methyl sites for hydroxylation is 3. The van der Waals surface area contributed by atoms with Gasteiger partial charge in [-0.3, -0.25) is 28.7 Å². The largest absolute Gasteiger partial charge is 0.363 e. The van der Waals surface area contributed by atoms with Gasteiger partial charge in [-0.25, -0.2) is 9.97 Å².